The molecule has 0 aromatic heterocycles. The van der Waals surface area contributed by atoms with Crippen LogP contribution in [0.2, 0.25) is 0 Å². The molecule has 1 fully saturated rings. The minimum Gasteiger partial charge on any atom is -0.385 e. The summed E-state index contributed by atoms with van der Waals surface area (Å²) < 4.78 is 17.0. The van der Waals surface area contributed by atoms with Crippen molar-refractivity contribution in [3.63, 3.8) is 0 Å². The Hall–Kier alpha value is 0.110. The van der Waals surface area contributed by atoms with Crippen molar-refractivity contribution in [1.82, 2.24) is 10.6 Å². The fourth-order valence-electron chi connectivity index (χ4n) is 2.56. The molecule has 2 N–H and O–H groups in total. The second-order valence-electron chi connectivity index (χ2n) is 5.14. The van der Waals surface area contributed by atoms with Gasteiger partial charge in [0.1, 0.15) is 0 Å². The zero-order chi connectivity index (χ0) is 14.8. The molecular formula is C14H30IN3O2S. The summed E-state index contributed by atoms with van der Waals surface area (Å²) in [4.78, 5) is 4.25. The van der Waals surface area contributed by atoms with Crippen LogP contribution < -0.4 is 10.6 Å². The summed E-state index contributed by atoms with van der Waals surface area (Å²) in [7, 11) is 2.82. The molecular weight excluding hydrogens is 401 g/mol. The number of nitrogens with one attached hydrogen (secondary N) is 2. The van der Waals surface area contributed by atoms with Gasteiger partial charge in [-0.2, -0.15) is 0 Å². The van der Waals surface area contributed by atoms with Gasteiger partial charge in [-0.1, -0.05) is 13.3 Å². The van der Waals surface area contributed by atoms with Gasteiger partial charge in [0.05, 0.1) is 0 Å². The van der Waals surface area contributed by atoms with Crippen molar-refractivity contribution in [2.75, 3.05) is 33.1 Å². The van der Waals surface area contributed by atoms with Crippen LogP contribution in [0.3, 0.4) is 0 Å². The number of halogens is 1. The number of rotatable bonds is 7. The molecule has 0 radical (unpaired) electrons. The summed E-state index contributed by atoms with van der Waals surface area (Å²) in [6.45, 7) is 3.61. The summed E-state index contributed by atoms with van der Waals surface area (Å²) in [5, 5.41) is 7.09. The minimum absolute atomic E-state index is 0. The maximum Gasteiger partial charge on any atom is 0.191 e. The third-order valence-electron chi connectivity index (χ3n) is 3.66. The van der Waals surface area contributed by atoms with Crippen molar-refractivity contribution in [3.8, 4) is 0 Å². The van der Waals surface area contributed by atoms with E-state index in [9.17, 15) is 4.21 Å². The Morgan fingerprint density at radius 2 is 2.19 bits per heavy atom. The molecule has 0 aromatic carbocycles. The monoisotopic (exact) mass is 431 g/mol. The number of aliphatic imine (C=N–C) groups is 1. The van der Waals surface area contributed by atoms with Gasteiger partial charge >= 0.3 is 0 Å². The lowest BCUT2D eigenvalue weighted by Crippen LogP contribution is -2.46. The van der Waals surface area contributed by atoms with Crippen LogP contribution in [0.4, 0.5) is 0 Å². The molecule has 1 aliphatic carbocycles. The van der Waals surface area contributed by atoms with E-state index in [0.717, 1.165) is 57.0 Å². The van der Waals surface area contributed by atoms with E-state index in [1.54, 1.807) is 14.2 Å². The lowest BCUT2D eigenvalue weighted by molar-refractivity contribution is 0.195. The minimum atomic E-state index is -0.676. The first kappa shape index (κ1) is 21.1. The third kappa shape index (κ3) is 8.35. The number of methoxy groups -OCH3 is 1. The highest BCUT2D eigenvalue weighted by atomic mass is 127. The molecule has 0 amide bonds. The van der Waals surface area contributed by atoms with E-state index in [-0.39, 0.29) is 24.0 Å². The highest BCUT2D eigenvalue weighted by molar-refractivity contribution is 14.0. The number of hydrogen-bond donors (Lipinski definition) is 2. The van der Waals surface area contributed by atoms with Crippen LogP contribution in [0.15, 0.2) is 4.99 Å². The van der Waals surface area contributed by atoms with Crippen LogP contribution in [0, 0.1) is 0 Å². The van der Waals surface area contributed by atoms with E-state index < -0.39 is 10.8 Å². The molecule has 0 saturated heterocycles. The van der Waals surface area contributed by atoms with Gasteiger partial charge in [0, 0.05) is 55.2 Å². The Morgan fingerprint density at radius 3 is 2.81 bits per heavy atom. The molecule has 0 aliphatic heterocycles. The van der Waals surface area contributed by atoms with Crippen LogP contribution >= 0.6 is 24.0 Å². The smallest absolute Gasteiger partial charge is 0.191 e. The molecule has 0 aromatic rings. The van der Waals surface area contributed by atoms with Crippen molar-refractivity contribution in [1.29, 1.82) is 0 Å². The molecule has 1 saturated carbocycles. The predicted octanol–water partition coefficient (Wildman–Crippen LogP) is 1.89. The van der Waals surface area contributed by atoms with Crippen LogP contribution in [-0.2, 0) is 15.5 Å². The number of ether oxygens (including phenoxy) is 1. The van der Waals surface area contributed by atoms with E-state index in [1.807, 2.05) is 6.92 Å². The first-order valence-electron chi connectivity index (χ1n) is 7.54. The summed E-state index contributed by atoms with van der Waals surface area (Å²) in [5.74, 6) is 1.61. The van der Waals surface area contributed by atoms with Crippen LogP contribution in [-0.4, -0.2) is 54.5 Å². The average molecular weight is 431 g/mol. The molecule has 7 heteroatoms. The third-order valence-corrected chi connectivity index (χ3v) is 5.41. The van der Waals surface area contributed by atoms with E-state index in [0.29, 0.717) is 11.3 Å². The van der Waals surface area contributed by atoms with E-state index >= 15 is 0 Å². The molecule has 5 nitrogen and oxygen atoms in total. The Kier molecular flexibility index (Phi) is 12.7. The molecule has 21 heavy (non-hydrogen) atoms. The van der Waals surface area contributed by atoms with E-state index in [1.165, 1.54) is 0 Å². The Balaban J connectivity index is 0.00000400. The summed E-state index contributed by atoms with van der Waals surface area (Å²) >= 11 is 0. The second-order valence-corrected chi connectivity index (χ2v) is 7.15. The van der Waals surface area contributed by atoms with Gasteiger partial charge in [-0.15, -0.1) is 24.0 Å². The molecule has 1 rings (SSSR count). The summed E-state index contributed by atoms with van der Waals surface area (Å²) in [6, 6.07) is 0.387. The Labute approximate surface area is 148 Å². The topological polar surface area (TPSA) is 62.7 Å². The highest BCUT2D eigenvalue weighted by Crippen LogP contribution is 2.22. The van der Waals surface area contributed by atoms with Gasteiger partial charge in [0.25, 0.3) is 0 Å². The number of guanidine groups is 1. The fraction of sp³-hybridized carbons (Fsp3) is 0.929. The standard InChI is InChI=1S/C14H29N3O2S.HI/c1-4-20(18)13-8-5-7-12(11-13)17-14(15-2)16-9-6-10-19-3;/h12-13H,4-11H2,1-3H3,(H2,15,16,17);1H. The molecule has 0 spiro atoms. The predicted molar refractivity (Wildman–Crippen MR) is 101 cm³/mol. The van der Waals surface area contributed by atoms with E-state index in [2.05, 4.69) is 15.6 Å². The molecule has 0 heterocycles. The first-order chi connectivity index (χ1) is 9.71. The molecule has 1 aliphatic rings. The van der Waals surface area contributed by atoms with Crippen molar-refractivity contribution in [2.45, 2.75) is 50.3 Å². The van der Waals surface area contributed by atoms with Crippen molar-refractivity contribution < 1.29 is 8.95 Å². The number of nitrogens with zero attached hydrogens (tertiary/aromatic N) is 1. The van der Waals surface area contributed by atoms with Gasteiger partial charge in [0.2, 0.25) is 0 Å². The Bertz CT molecular complexity index is 329. The highest BCUT2D eigenvalue weighted by Gasteiger charge is 2.25. The molecule has 3 unspecified atom stereocenters. The van der Waals surface area contributed by atoms with Crippen molar-refractivity contribution >= 4 is 40.7 Å². The van der Waals surface area contributed by atoms with E-state index in [4.69, 9.17) is 4.74 Å². The maximum atomic E-state index is 11.9. The van der Waals surface area contributed by atoms with Gasteiger partial charge in [-0.25, -0.2) is 0 Å². The largest absolute Gasteiger partial charge is 0.385 e. The molecule has 126 valence electrons. The second kappa shape index (κ2) is 12.6. The van der Waals surface area contributed by atoms with Gasteiger partial charge in [-0.05, 0) is 25.7 Å². The lowest BCUT2D eigenvalue weighted by atomic mass is 9.95. The average Bonchev–Trinajstić information content (AvgIpc) is 2.49. The zero-order valence-corrected chi connectivity index (χ0v) is 16.5. The quantitative estimate of drug-likeness (QED) is 0.280. The normalized spacial score (nSPS) is 24.0. The lowest BCUT2D eigenvalue weighted by Gasteiger charge is -2.30. The van der Waals surface area contributed by atoms with Gasteiger partial charge in [-0.3, -0.25) is 9.20 Å². The number of hydrogen-bond acceptors (Lipinski definition) is 3. The maximum absolute atomic E-state index is 11.9. The summed E-state index contributed by atoms with van der Waals surface area (Å²) in [5.41, 5.74) is 0. The van der Waals surface area contributed by atoms with Crippen molar-refractivity contribution in [2.24, 2.45) is 4.99 Å². The van der Waals surface area contributed by atoms with Gasteiger partial charge in [0.15, 0.2) is 5.96 Å². The molecule has 0 bridgehead atoms. The molecule has 3 atom stereocenters. The SMILES string of the molecule is CCS(=O)C1CCCC(NC(=NC)NCCCOC)C1.I. The zero-order valence-electron chi connectivity index (χ0n) is 13.4. The fourth-order valence-corrected chi connectivity index (χ4v) is 3.91. The Morgan fingerprint density at radius 1 is 1.43 bits per heavy atom. The van der Waals surface area contributed by atoms with Crippen LogP contribution in [0.1, 0.15) is 39.0 Å². The van der Waals surface area contributed by atoms with Crippen LogP contribution in [0.5, 0.6) is 0 Å². The van der Waals surface area contributed by atoms with Crippen LogP contribution in [0.25, 0.3) is 0 Å². The first-order valence-corrected chi connectivity index (χ1v) is 8.92. The van der Waals surface area contributed by atoms with Gasteiger partial charge < -0.3 is 15.4 Å². The van der Waals surface area contributed by atoms with Crippen molar-refractivity contribution in [3.05, 3.63) is 0 Å². The summed E-state index contributed by atoms with van der Waals surface area (Å²) in [6.07, 6.45) is 5.33.